The Kier molecular flexibility index (Phi) is 5.58. The van der Waals surface area contributed by atoms with E-state index in [0.29, 0.717) is 12.2 Å². The summed E-state index contributed by atoms with van der Waals surface area (Å²) in [7, 11) is -3.90. The molecule has 1 aromatic carbocycles. The lowest BCUT2D eigenvalue weighted by Gasteiger charge is -2.23. The maximum absolute atomic E-state index is 12.9. The second-order valence-corrected chi connectivity index (χ2v) is 7.58. The Morgan fingerprint density at radius 1 is 1.38 bits per heavy atom. The molecule has 0 saturated carbocycles. The van der Waals surface area contributed by atoms with Gasteiger partial charge in [0.15, 0.2) is 0 Å². The van der Waals surface area contributed by atoms with Gasteiger partial charge in [-0.15, -0.1) is 0 Å². The summed E-state index contributed by atoms with van der Waals surface area (Å²) < 4.78 is 27.0. The Hall–Kier alpha value is -1.97. The van der Waals surface area contributed by atoms with Crippen molar-refractivity contribution in [3.63, 3.8) is 0 Å². The molecule has 0 spiro atoms. The SMILES string of the molecule is CCNC(=O)[C@@H]1C[C@@H](N)CN1S(=O)(=O)c1cccc(NC(C)=O)c1. The van der Waals surface area contributed by atoms with Gasteiger partial charge in [0.05, 0.1) is 4.90 Å². The molecule has 0 bridgehead atoms. The minimum absolute atomic E-state index is 0.0112. The highest BCUT2D eigenvalue weighted by molar-refractivity contribution is 7.89. The number of nitrogens with zero attached hydrogens (tertiary/aromatic N) is 1. The minimum Gasteiger partial charge on any atom is -0.355 e. The van der Waals surface area contributed by atoms with Crippen LogP contribution in [-0.4, -0.2) is 49.7 Å². The van der Waals surface area contributed by atoms with E-state index < -0.39 is 22.1 Å². The van der Waals surface area contributed by atoms with E-state index in [1.165, 1.54) is 25.1 Å². The Morgan fingerprint density at radius 3 is 2.71 bits per heavy atom. The van der Waals surface area contributed by atoms with Gasteiger partial charge in [-0.05, 0) is 31.5 Å². The molecule has 2 rings (SSSR count). The highest BCUT2D eigenvalue weighted by Crippen LogP contribution is 2.27. The van der Waals surface area contributed by atoms with Crippen LogP contribution in [0.2, 0.25) is 0 Å². The standard InChI is InChI=1S/C15H22N4O4S/c1-3-17-15(21)14-7-11(16)9-19(14)24(22,23)13-6-4-5-12(8-13)18-10(2)20/h4-6,8,11,14H,3,7,9,16H2,1-2H3,(H,17,21)(H,18,20)/t11-,14+/m1/s1. The summed E-state index contributed by atoms with van der Waals surface area (Å²) in [6, 6.07) is 4.71. The van der Waals surface area contributed by atoms with Crippen LogP contribution in [-0.2, 0) is 19.6 Å². The molecule has 9 heteroatoms. The fraction of sp³-hybridized carbons (Fsp3) is 0.467. The Bertz CT molecular complexity index is 735. The Morgan fingerprint density at radius 2 is 2.08 bits per heavy atom. The van der Waals surface area contributed by atoms with Crippen LogP contribution < -0.4 is 16.4 Å². The molecular weight excluding hydrogens is 332 g/mol. The maximum Gasteiger partial charge on any atom is 0.243 e. The molecule has 4 N–H and O–H groups in total. The fourth-order valence-corrected chi connectivity index (χ4v) is 4.41. The number of rotatable bonds is 5. The molecule has 24 heavy (non-hydrogen) atoms. The monoisotopic (exact) mass is 354 g/mol. The molecule has 0 aliphatic carbocycles. The van der Waals surface area contributed by atoms with Gasteiger partial charge in [0.1, 0.15) is 6.04 Å². The molecule has 1 aromatic rings. The number of carbonyl (C=O) groups is 2. The van der Waals surface area contributed by atoms with Gasteiger partial charge < -0.3 is 16.4 Å². The third kappa shape index (κ3) is 3.92. The van der Waals surface area contributed by atoms with Crippen LogP contribution in [0.5, 0.6) is 0 Å². The van der Waals surface area contributed by atoms with E-state index in [4.69, 9.17) is 5.73 Å². The molecule has 2 amide bonds. The predicted molar refractivity (Wildman–Crippen MR) is 89.7 cm³/mol. The smallest absolute Gasteiger partial charge is 0.243 e. The van der Waals surface area contributed by atoms with Crippen LogP contribution in [0.4, 0.5) is 5.69 Å². The predicted octanol–water partition coefficient (Wildman–Crippen LogP) is -0.129. The summed E-state index contributed by atoms with van der Waals surface area (Å²) in [5.74, 6) is -0.653. The van der Waals surface area contributed by atoms with E-state index in [9.17, 15) is 18.0 Å². The summed E-state index contributed by atoms with van der Waals surface area (Å²) in [5.41, 5.74) is 6.25. The topological polar surface area (TPSA) is 122 Å². The van der Waals surface area contributed by atoms with E-state index in [1.54, 1.807) is 13.0 Å². The van der Waals surface area contributed by atoms with Crippen molar-refractivity contribution in [3.05, 3.63) is 24.3 Å². The van der Waals surface area contributed by atoms with Crippen LogP contribution in [0.15, 0.2) is 29.2 Å². The molecule has 1 fully saturated rings. The van der Waals surface area contributed by atoms with Crippen LogP contribution in [0, 0.1) is 0 Å². The number of hydrogen-bond donors (Lipinski definition) is 3. The molecule has 8 nitrogen and oxygen atoms in total. The maximum atomic E-state index is 12.9. The van der Waals surface area contributed by atoms with Gasteiger partial charge >= 0.3 is 0 Å². The van der Waals surface area contributed by atoms with Crippen molar-refractivity contribution in [1.82, 2.24) is 9.62 Å². The van der Waals surface area contributed by atoms with Gasteiger partial charge in [0.2, 0.25) is 21.8 Å². The quantitative estimate of drug-likeness (QED) is 0.680. The second-order valence-electron chi connectivity index (χ2n) is 5.69. The number of anilines is 1. The summed E-state index contributed by atoms with van der Waals surface area (Å²) in [5, 5.41) is 5.19. The lowest BCUT2D eigenvalue weighted by molar-refractivity contribution is -0.124. The fourth-order valence-electron chi connectivity index (χ4n) is 2.71. The van der Waals surface area contributed by atoms with E-state index in [2.05, 4.69) is 10.6 Å². The summed E-state index contributed by atoms with van der Waals surface area (Å²) in [4.78, 5) is 23.3. The lowest BCUT2D eigenvalue weighted by atomic mass is 10.2. The van der Waals surface area contributed by atoms with Gasteiger partial charge in [-0.3, -0.25) is 9.59 Å². The third-order valence-electron chi connectivity index (χ3n) is 3.70. The van der Waals surface area contributed by atoms with Gasteiger partial charge in [0.25, 0.3) is 0 Å². The Labute approximate surface area is 141 Å². The number of amides is 2. The van der Waals surface area contributed by atoms with Crippen molar-refractivity contribution in [3.8, 4) is 0 Å². The van der Waals surface area contributed by atoms with Gasteiger partial charge in [-0.25, -0.2) is 8.42 Å². The number of hydrogen-bond acceptors (Lipinski definition) is 5. The molecule has 1 aliphatic rings. The highest BCUT2D eigenvalue weighted by Gasteiger charge is 2.42. The van der Waals surface area contributed by atoms with E-state index in [1.807, 2.05) is 0 Å². The van der Waals surface area contributed by atoms with Crippen molar-refractivity contribution in [1.29, 1.82) is 0 Å². The average molecular weight is 354 g/mol. The van der Waals surface area contributed by atoms with Crippen LogP contribution in [0.1, 0.15) is 20.3 Å². The molecule has 0 unspecified atom stereocenters. The first-order chi connectivity index (χ1) is 11.3. The van der Waals surface area contributed by atoms with Crippen molar-refractivity contribution >= 4 is 27.5 Å². The Balaban J connectivity index is 2.34. The van der Waals surface area contributed by atoms with Gasteiger partial charge in [-0.2, -0.15) is 4.31 Å². The van der Waals surface area contributed by atoms with Crippen LogP contribution >= 0.6 is 0 Å². The third-order valence-corrected chi connectivity index (χ3v) is 5.57. The zero-order valence-electron chi connectivity index (χ0n) is 13.7. The molecule has 132 valence electrons. The number of nitrogens with two attached hydrogens (primary N) is 1. The second kappa shape index (κ2) is 7.29. The highest BCUT2D eigenvalue weighted by atomic mass is 32.2. The van der Waals surface area contributed by atoms with Gasteiger partial charge in [-0.1, -0.05) is 6.07 Å². The largest absolute Gasteiger partial charge is 0.355 e. The molecule has 1 aliphatic heterocycles. The summed E-state index contributed by atoms with van der Waals surface area (Å²) >= 11 is 0. The van der Waals surface area contributed by atoms with Crippen molar-refractivity contribution in [2.75, 3.05) is 18.4 Å². The summed E-state index contributed by atoms with van der Waals surface area (Å²) in [6.45, 7) is 3.60. The first-order valence-electron chi connectivity index (χ1n) is 7.68. The lowest BCUT2D eigenvalue weighted by Crippen LogP contribution is -2.45. The molecule has 2 atom stereocenters. The first kappa shape index (κ1) is 18.4. The van der Waals surface area contributed by atoms with Crippen molar-refractivity contribution < 1.29 is 18.0 Å². The number of nitrogens with one attached hydrogen (secondary N) is 2. The molecule has 1 heterocycles. The molecule has 0 aromatic heterocycles. The minimum atomic E-state index is -3.90. The zero-order chi connectivity index (χ0) is 17.9. The zero-order valence-corrected chi connectivity index (χ0v) is 14.5. The number of benzene rings is 1. The molecular formula is C15H22N4O4S. The molecule has 1 saturated heterocycles. The van der Waals surface area contributed by atoms with E-state index in [0.717, 1.165) is 4.31 Å². The first-order valence-corrected chi connectivity index (χ1v) is 9.12. The molecule has 0 radical (unpaired) electrons. The van der Waals surface area contributed by atoms with Gasteiger partial charge in [0, 0.05) is 31.7 Å². The van der Waals surface area contributed by atoms with Crippen LogP contribution in [0.25, 0.3) is 0 Å². The van der Waals surface area contributed by atoms with E-state index in [-0.39, 0.29) is 29.7 Å². The number of carbonyl (C=O) groups excluding carboxylic acids is 2. The number of likely N-dealkylation sites (N-methyl/N-ethyl adjacent to an activating group) is 1. The van der Waals surface area contributed by atoms with Crippen molar-refractivity contribution in [2.45, 2.75) is 37.2 Å². The van der Waals surface area contributed by atoms with E-state index >= 15 is 0 Å². The number of sulfonamides is 1. The van der Waals surface area contributed by atoms with Crippen LogP contribution in [0.3, 0.4) is 0 Å². The summed E-state index contributed by atoms with van der Waals surface area (Å²) in [6.07, 6.45) is 0.274. The van der Waals surface area contributed by atoms with Crippen molar-refractivity contribution in [2.24, 2.45) is 5.73 Å². The normalized spacial score (nSPS) is 21.5. The average Bonchev–Trinajstić information content (AvgIpc) is 2.90.